The SMILES string of the molecule is CCc1ccc(C(CSc2cccc(C)c2)NC)cc1. The lowest BCUT2D eigenvalue weighted by Gasteiger charge is -2.17. The Balaban J connectivity index is 2.01. The quantitative estimate of drug-likeness (QED) is 0.778. The molecule has 1 atom stereocenters. The van der Waals surface area contributed by atoms with Crippen LogP contribution in [0.25, 0.3) is 0 Å². The Morgan fingerprint density at radius 1 is 1.10 bits per heavy atom. The van der Waals surface area contributed by atoms with Crippen molar-refractivity contribution >= 4 is 11.8 Å². The van der Waals surface area contributed by atoms with Crippen molar-refractivity contribution in [2.24, 2.45) is 0 Å². The second kappa shape index (κ2) is 7.51. The maximum atomic E-state index is 3.42. The summed E-state index contributed by atoms with van der Waals surface area (Å²) in [5.41, 5.74) is 4.09. The Bertz CT molecular complexity index is 533. The van der Waals surface area contributed by atoms with Gasteiger partial charge in [0.15, 0.2) is 0 Å². The molecule has 106 valence electrons. The lowest BCUT2D eigenvalue weighted by Crippen LogP contribution is -2.18. The van der Waals surface area contributed by atoms with E-state index in [9.17, 15) is 0 Å². The average molecular weight is 285 g/mol. The molecule has 0 aliphatic carbocycles. The first-order chi connectivity index (χ1) is 9.72. The van der Waals surface area contributed by atoms with Crippen LogP contribution < -0.4 is 5.32 Å². The van der Waals surface area contributed by atoms with E-state index in [1.807, 2.05) is 18.8 Å². The topological polar surface area (TPSA) is 12.0 Å². The van der Waals surface area contributed by atoms with Crippen molar-refractivity contribution in [3.63, 3.8) is 0 Å². The summed E-state index contributed by atoms with van der Waals surface area (Å²) in [4.78, 5) is 1.34. The van der Waals surface area contributed by atoms with Gasteiger partial charge in [0.1, 0.15) is 0 Å². The Hall–Kier alpha value is -1.25. The molecular weight excluding hydrogens is 262 g/mol. The molecule has 0 aromatic heterocycles. The fourth-order valence-corrected chi connectivity index (χ4v) is 3.38. The summed E-state index contributed by atoms with van der Waals surface area (Å²) in [6.45, 7) is 4.33. The van der Waals surface area contributed by atoms with Crippen molar-refractivity contribution in [3.05, 3.63) is 65.2 Å². The van der Waals surface area contributed by atoms with Gasteiger partial charge < -0.3 is 5.32 Å². The Morgan fingerprint density at radius 2 is 1.85 bits per heavy atom. The molecule has 2 aromatic carbocycles. The largest absolute Gasteiger partial charge is 0.312 e. The van der Waals surface area contributed by atoms with Gasteiger partial charge in [-0.15, -0.1) is 11.8 Å². The number of aryl methyl sites for hydroxylation is 2. The molecule has 0 saturated heterocycles. The summed E-state index contributed by atoms with van der Waals surface area (Å²) in [5.74, 6) is 1.05. The third-order valence-corrected chi connectivity index (χ3v) is 4.63. The van der Waals surface area contributed by atoms with E-state index in [0.29, 0.717) is 6.04 Å². The molecule has 1 N–H and O–H groups in total. The van der Waals surface area contributed by atoms with Gasteiger partial charge in [-0.05, 0) is 43.7 Å². The summed E-state index contributed by atoms with van der Waals surface area (Å²) in [7, 11) is 2.04. The molecule has 0 radical (unpaired) electrons. The molecule has 1 unspecified atom stereocenters. The molecule has 0 fully saturated rings. The molecule has 2 aromatic rings. The van der Waals surface area contributed by atoms with Crippen molar-refractivity contribution in [3.8, 4) is 0 Å². The molecule has 20 heavy (non-hydrogen) atoms. The number of hydrogen-bond acceptors (Lipinski definition) is 2. The minimum atomic E-state index is 0.395. The third kappa shape index (κ3) is 4.12. The summed E-state index contributed by atoms with van der Waals surface area (Å²) >= 11 is 1.91. The van der Waals surface area contributed by atoms with E-state index in [2.05, 4.69) is 67.7 Å². The Labute approximate surface area is 126 Å². The number of benzene rings is 2. The van der Waals surface area contributed by atoms with Gasteiger partial charge in [0.2, 0.25) is 0 Å². The van der Waals surface area contributed by atoms with Gasteiger partial charge in [-0.3, -0.25) is 0 Å². The van der Waals surface area contributed by atoms with Gasteiger partial charge in [-0.2, -0.15) is 0 Å². The molecule has 1 nitrogen and oxygen atoms in total. The molecule has 2 rings (SSSR count). The fourth-order valence-electron chi connectivity index (χ4n) is 2.22. The van der Waals surface area contributed by atoms with Crippen LogP contribution >= 0.6 is 11.8 Å². The molecule has 0 saturated carbocycles. The predicted molar refractivity (Wildman–Crippen MR) is 89.5 cm³/mol. The van der Waals surface area contributed by atoms with E-state index >= 15 is 0 Å². The van der Waals surface area contributed by atoms with E-state index in [1.165, 1.54) is 21.6 Å². The monoisotopic (exact) mass is 285 g/mol. The highest BCUT2D eigenvalue weighted by molar-refractivity contribution is 7.99. The van der Waals surface area contributed by atoms with Gasteiger partial charge in [0.25, 0.3) is 0 Å². The zero-order chi connectivity index (χ0) is 14.4. The predicted octanol–water partition coefficient (Wildman–Crippen LogP) is 4.61. The van der Waals surface area contributed by atoms with E-state index in [4.69, 9.17) is 0 Å². The summed E-state index contributed by atoms with van der Waals surface area (Å²) in [5, 5.41) is 3.42. The molecule has 2 heteroatoms. The highest BCUT2D eigenvalue weighted by Crippen LogP contribution is 2.25. The van der Waals surface area contributed by atoms with E-state index < -0.39 is 0 Å². The lowest BCUT2D eigenvalue weighted by molar-refractivity contribution is 0.661. The maximum absolute atomic E-state index is 3.42. The molecule has 0 amide bonds. The zero-order valence-corrected chi connectivity index (χ0v) is 13.3. The van der Waals surface area contributed by atoms with Crippen molar-refractivity contribution < 1.29 is 0 Å². The van der Waals surface area contributed by atoms with Crippen molar-refractivity contribution in [1.29, 1.82) is 0 Å². The van der Waals surface area contributed by atoms with Gasteiger partial charge in [-0.25, -0.2) is 0 Å². The van der Waals surface area contributed by atoms with Crippen LogP contribution in [0.1, 0.15) is 29.7 Å². The second-order valence-electron chi connectivity index (χ2n) is 5.06. The molecular formula is C18H23NS. The Kier molecular flexibility index (Phi) is 5.69. The second-order valence-corrected chi connectivity index (χ2v) is 6.16. The summed E-state index contributed by atoms with van der Waals surface area (Å²) < 4.78 is 0. The molecule has 0 bridgehead atoms. The highest BCUT2D eigenvalue weighted by Gasteiger charge is 2.09. The standard InChI is InChI=1S/C18H23NS/c1-4-15-8-10-16(11-9-15)18(19-3)13-20-17-7-5-6-14(2)12-17/h5-12,18-19H,4,13H2,1-3H3. The molecule has 0 aliphatic rings. The van der Waals surface area contributed by atoms with Crippen LogP contribution in [0.2, 0.25) is 0 Å². The van der Waals surface area contributed by atoms with E-state index in [-0.39, 0.29) is 0 Å². The normalized spacial score (nSPS) is 12.3. The Morgan fingerprint density at radius 3 is 2.45 bits per heavy atom. The number of nitrogens with one attached hydrogen (secondary N) is 1. The molecule has 0 spiro atoms. The first kappa shape index (κ1) is 15.1. The van der Waals surface area contributed by atoms with Gasteiger partial charge in [0.05, 0.1) is 0 Å². The zero-order valence-electron chi connectivity index (χ0n) is 12.5. The van der Waals surface area contributed by atoms with Crippen LogP contribution in [0.3, 0.4) is 0 Å². The maximum Gasteiger partial charge on any atom is 0.0412 e. The van der Waals surface area contributed by atoms with Gasteiger partial charge in [0, 0.05) is 16.7 Å². The van der Waals surface area contributed by atoms with Gasteiger partial charge >= 0.3 is 0 Å². The summed E-state index contributed by atoms with van der Waals surface area (Å²) in [6.07, 6.45) is 1.10. The number of thioether (sulfide) groups is 1. The number of hydrogen-bond donors (Lipinski definition) is 1. The van der Waals surface area contributed by atoms with Crippen molar-refractivity contribution in [2.75, 3.05) is 12.8 Å². The van der Waals surface area contributed by atoms with Crippen LogP contribution in [0.15, 0.2) is 53.4 Å². The van der Waals surface area contributed by atoms with Crippen LogP contribution in [-0.4, -0.2) is 12.8 Å². The van der Waals surface area contributed by atoms with E-state index in [0.717, 1.165) is 12.2 Å². The van der Waals surface area contributed by atoms with Crippen LogP contribution in [0, 0.1) is 6.92 Å². The smallest absolute Gasteiger partial charge is 0.0412 e. The van der Waals surface area contributed by atoms with Crippen molar-refractivity contribution in [2.45, 2.75) is 31.2 Å². The average Bonchev–Trinajstić information content (AvgIpc) is 2.48. The molecule has 0 aliphatic heterocycles. The summed E-state index contributed by atoms with van der Waals surface area (Å²) in [6, 6.07) is 18.1. The van der Waals surface area contributed by atoms with Crippen LogP contribution in [0.5, 0.6) is 0 Å². The minimum Gasteiger partial charge on any atom is -0.312 e. The first-order valence-corrected chi connectivity index (χ1v) is 8.17. The fraction of sp³-hybridized carbons (Fsp3) is 0.333. The lowest BCUT2D eigenvalue weighted by atomic mass is 10.1. The highest BCUT2D eigenvalue weighted by atomic mass is 32.2. The van der Waals surface area contributed by atoms with Crippen LogP contribution in [0.4, 0.5) is 0 Å². The van der Waals surface area contributed by atoms with E-state index in [1.54, 1.807) is 0 Å². The van der Waals surface area contributed by atoms with Gasteiger partial charge in [-0.1, -0.05) is 48.9 Å². The first-order valence-electron chi connectivity index (χ1n) is 7.18. The third-order valence-electron chi connectivity index (χ3n) is 3.55. The molecule has 0 heterocycles. The minimum absolute atomic E-state index is 0.395. The van der Waals surface area contributed by atoms with Crippen molar-refractivity contribution in [1.82, 2.24) is 5.32 Å². The number of rotatable bonds is 6. The van der Waals surface area contributed by atoms with Crippen LogP contribution in [-0.2, 0) is 6.42 Å².